The maximum absolute atomic E-state index is 9.41. The molecule has 1 aliphatic heterocycles. The van der Waals surface area contributed by atoms with Gasteiger partial charge in [-0.3, -0.25) is 0 Å². The lowest BCUT2D eigenvalue weighted by Gasteiger charge is -2.38. The Hall–Kier alpha value is -0.200. The molecule has 4 N–H and O–H groups in total. The molecular formula is C7H12O5. The molecule has 1 saturated heterocycles. The van der Waals surface area contributed by atoms with Crippen LogP contribution in [0.25, 0.3) is 0 Å². The summed E-state index contributed by atoms with van der Waals surface area (Å²) in [5, 5.41) is 36.9. The van der Waals surface area contributed by atoms with Crippen LogP contribution in [0.15, 0.2) is 0 Å². The van der Waals surface area contributed by atoms with Crippen LogP contribution in [0, 0.1) is 0 Å². The van der Waals surface area contributed by atoms with Crippen molar-refractivity contribution in [2.75, 3.05) is 0 Å². The summed E-state index contributed by atoms with van der Waals surface area (Å²) in [6, 6.07) is 0. The van der Waals surface area contributed by atoms with Gasteiger partial charge in [-0.15, -0.1) is 0 Å². The van der Waals surface area contributed by atoms with Crippen LogP contribution in [0.3, 0.4) is 0 Å². The quantitative estimate of drug-likeness (QED) is 0.341. The molecule has 1 spiro atoms. The monoisotopic (exact) mass is 176 g/mol. The molecule has 70 valence electrons. The van der Waals surface area contributed by atoms with Gasteiger partial charge in [-0.1, -0.05) is 0 Å². The van der Waals surface area contributed by atoms with Crippen LogP contribution in [0.4, 0.5) is 0 Å². The van der Waals surface area contributed by atoms with E-state index in [1.165, 1.54) is 0 Å². The van der Waals surface area contributed by atoms with E-state index in [1.807, 2.05) is 0 Å². The first kappa shape index (κ1) is 8.40. The molecule has 0 aromatic carbocycles. The molecule has 2 aliphatic rings. The summed E-state index contributed by atoms with van der Waals surface area (Å²) in [4.78, 5) is 0. The predicted octanol–water partition coefficient (Wildman–Crippen LogP) is -2.05. The summed E-state index contributed by atoms with van der Waals surface area (Å²) >= 11 is 0. The number of hydrogen-bond donors (Lipinski definition) is 4. The van der Waals surface area contributed by atoms with E-state index in [9.17, 15) is 10.2 Å². The largest absolute Gasteiger partial charge is 0.387 e. The second-order valence-corrected chi connectivity index (χ2v) is 3.50. The van der Waals surface area contributed by atoms with Crippen LogP contribution in [0.5, 0.6) is 0 Å². The van der Waals surface area contributed by atoms with Crippen LogP contribution in [0.2, 0.25) is 0 Å². The zero-order chi connectivity index (χ0) is 8.93. The van der Waals surface area contributed by atoms with E-state index in [0.717, 1.165) is 0 Å². The Bertz CT molecular complexity index is 190. The Kier molecular flexibility index (Phi) is 1.68. The highest BCUT2D eigenvalue weighted by Gasteiger charge is 2.60. The first-order chi connectivity index (χ1) is 5.57. The maximum atomic E-state index is 9.41. The molecule has 12 heavy (non-hydrogen) atoms. The van der Waals surface area contributed by atoms with Gasteiger partial charge in [0.15, 0.2) is 6.29 Å². The van der Waals surface area contributed by atoms with E-state index in [0.29, 0.717) is 12.8 Å². The minimum Gasteiger partial charge on any atom is -0.387 e. The van der Waals surface area contributed by atoms with E-state index in [2.05, 4.69) is 0 Å². The van der Waals surface area contributed by atoms with Crippen LogP contribution in [-0.2, 0) is 4.74 Å². The Labute approximate surface area is 69.2 Å². The number of hydrogen-bond acceptors (Lipinski definition) is 5. The molecule has 0 bridgehead atoms. The Morgan fingerprint density at radius 2 is 1.58 bits per heavy atom. The van der Waals surface area contributed by atoms with Crippen molar-refractivity contribution in [1.82, 2.24) is 0 Å². The molecule has 0 aromatic rings. The first-order valence-electron chi connectivity index (χ1n) is 3.97. The summed E-state index contributed by atoms with van der Waals surface area (Å²) in [5.74, 6) is 0. The number of aliphatic hydroxyl groups excluding tert-OH is 4. The average molecular weight is 176 g/mol. The lowest BCUT2D eigenvalue weighted by Crippen LogP contribution is -2.58. The predicted molar refractivity (Wildman–Crippen MR) is 37.1 cm³/mol. The highest BCUT2D eigenvalue weighted by Crippen LogP contribution is 2.47. The lowest BCUT2D eigenvalue weighted by molar-refractivity contribution is -0.291. The zero-order valence-electron chi connectivity index (χ0n) is 6.42. The summed E-state index contributed by atoms with van der Waals surface area (Å²) in [7, 11) is 0. The normalized spacial score (nSPS) is 51.0. The highest BCUT2D eigenvalue weighted by atomic mass is 16.6. The fraction of sp³-hybridized carbons (Fsp3) is 1.00. The van der Waals surface area contributed by atoms with Gasteiger partial charge in [-0.25, -0.2) is 0 Å². The second kappa shape index (κ2) is 2.40. The molecule has 0 unspecified atom stereocenters. The summed E-state index contributed by atoms with van der Waals surface area (Å²) < 4.78 is 4.98. The molecule has 0 amide bonds. The maximum Gasteiger partial charge on any atom is 0.184 e. The molecule has 2 rings (SSSR count). The lowest BCUT2D eigenvalue weighted by atomic mass is 9.97. The molecule has 1 heterocycles. The third-order valence-electron chi connectivity index (χ3n) is 2.60. The average Bonchev–Trinajstić information content (AvgIpc) is 2.79. The molecule has 5 heteroatoms. The van der Waals surface area contributed by atoms with Crippen molar-refractivity contribution in [3.8, 4) is 0 Å². The Morgan fingerprint density at radius 3 is 2.08 bits per heavy atom. The van der Waals surface area contributed by atoms with Gasteiger partial charge in [0.2, 0.25) is 0 Å². The standard InChI is InChI=1S/C7H12O5/c8-3-4(9)6(11)12-7(1-2-7)5(3)10/h3-6,8-11H,1-2H2/t3-,4-,5+,6+/m1/s1. The number of ether oxygens (including phenoxy) is 1. The SMILES string of the molecule is O[C@@H]1[C@@H](O)[C@H](O)C2(CC2)O[C@@H]1O. The summed E-state index contributed by atoms with van der Waals surface area (Å²) in [5.41, 5.74) is -0.794. The Balaban J connectivity index is 2.15. The minimum absolute atomic E-state index is 0.620. The van der Waals surface area contributed by atoms with Gasteiger partial charge in [0.05, 0.1) is 0 Å². The molecule has 5 nitrogen and oxygen atoms in total. The van der Waals surface area contributed by atoms with Crippen LogP contribution >= 0.6 is 0 Å². The van der Waals surface area contributed by atoms with Gasteiger partial charge in [0.25, 0.3) is 0 Å². The van der Waals surface area contributed by atoms with Gasteiger partial charge in [0.1, 0.15) is 23.9 Å². The molecule has 1 saturated carbocycles. The van der Waals surface area contributed by atoms with Crippen LogP contribution in [-0.4, -0.2) is 50.6 Å². The van der Waals surface area contributed by atoms with Gasteiger partial charge in [-0.05, 0) is 12.8 Å². The molecular weight excluding hydrogens is 164 g/mol. The highest BCUT2D eigenvalue weighted by molar-refractivity contribution is 5.08. The Morgan fingerprint density at radius 1 is 1.00 bits per heavy atom. The van der Waals surface area contributed by atoms with Crippen molar-refractivity contribution in [2.24, 2.45) is 0 Å². The van der Waals surface area contributed by atoms with Crippen molar-refractivity contribution in [3.63, 3.8) is 0 Å². The fourth-order valence-corrected chi connectivity index (χ4v) is 1.58. The third kappa shape index (κ3) is 0.982. The topological polar surface area (TPSA) is 90.2 Å². The molecule has 4 atom stereocenters. The molecule has 0 aromatic heterocycles. The summed E-state index contributed by atoms with van der Waals surface area (Å²) in [6.45, 7) is 0. The zero-order valence-corrected chi connectivity index (χ0v) is 6.42. The van der Waals surface area contributed by atoms with Gasteiger partial charge < -0.3 is 25.2 Å². The van der Waals surface area contributed by atoms with Crippen LogP contribution in [0.1, 0.15) is 12.8 Å². The van der Waals surface area contributed by atoms with E-state index in [4.69, 9.17) is 14.9 Å². The van der Waals surface area contributed by atoms with Crippen molar-refractivity contribution in [1.29, 1.82) is 0 Å². The van der Waals surface area contributed by atoms with Gasteiger partial charge in [0, 0.05) is 0 Å². The number of aliphatic hydroxyl groups is 4. The second-order valence-electron chi connectivity index (χ2n) is 3.50. The van der Waals surface area contributed by atoms with Crippen molar-refractivity contribution in [2.45, 2.75) is 43.0 Å². The van der Waals surface area contributed by atoms with Crippen molar-refractivity contribution >= 4 is 0 Å². The summed E-state index contributed by atoms with van der Waals surface area (Å²) in [6.07, 6.45) is -3.95. The smallest absolute Gasteiger partial charge is 0.184 e. The number of rotatable bonds is 0. The van der Waals surface area contributed by atoms with Crippen LogP contribution < -0.4 is 0 Å². The van der Waals surface area contributed by atoms with E-state index in [1.54, 1.807) is 0 Å². The van der Waals surface area contributed by atoms with Gasteiger partial charge >= 0.3 is 0 Å². The molecule has 0 radical (unpaired) electrons. The fourth-order valence-electron chi connectivity index (χ4n) is 1.58. The van der Waals surface area contributed by atoms with Crippen molar-refractivity contribution in [3.05, 3.63) is 0 Å². The van der Waals surface area contributed by atoms with E-state index < -0.39 is 30.2 Å². The minimum atomic E-state index is -1.41. The molecule has 2 fully saturated rings. The van der Waals surface area contributed by atoms with Gasteiger partial charge in [-0.2, -0.15) is 0 Å². The van der Waals surface area contributed by atoms with E-state index in [-0.39, 0.29) is 0 Å². The van der Waals surface area contributed by atoms with E-state index >= 15 is 0 Å². The third-order valence-corrected chi connectivity index (χ3v) is 2.60. The first-order valence-corrected chi connectivity index (χ1v) is 3.97. The van der Waals surface area contributed by atoms with Crippen molar-refractivity contribution < 1.29 is 25.2 Å². The molecule has 1 aliphatic carbocycles.